The maximum Gasteiger partial charge on any atom is 0.0976 e. The number of rotatable bonds is 0. The van der Waals surface area contributed by atoms with Crippen LogP contribution in [0.15, 0.2) is 28.3 Å². The van der Waals surface area contributed by atoms with Crippen LogP contribution in [0.4, 0.5) is 0 Å². The zero-order valence-electron chi connectivity index (χ0n) is 7.81. The van der Waals surface area contributed by atoms with Gasteiger partial charge in [0, 0.05) is 6.08 Å². The molecule has 1 aromatic carbocycles. The monoisotopic (exact) mass is 306 g/mol. The standard InChI is InChI=1S/C12H7IN2/c1-2-4-10-9(3-1)14-11-5-7-13-8-6-12(11)15-10/h1-7H. The first kappa shape index (κ1) is 8.95. The Morgan fingerprint density at radius 2 is 1.73 bits per heavy atom. The molecule has 0 bridgehead atoms. The van der Waals surface area contributed by atoms with Crippen LogP contribution in [-0.4, -0.2) is 13.6 Å². The number of nitrogens with zero attached hydrogens (tertiary/aromatic N) is 2. The van der Waals surface area contributed by atoms with Crippen LogP contribution in [0, 0.1) is 0 Å². The van der Waals surface area contributed by atoms with Gasteiger partial charge in [-0.25, -0.2) is 9.97 Å². The summed E-state index contributed by atoms with van der Waals surface area (Å²) in [7, 11) is 0. The Morgan fingerprint density at radius 3 is 2.53 bits per heavy atom. The lowest BCUT2D eigenvalue weighted by molar-refractivity contribution is 1.24. The third kappa shape index (κ3) is 1.64. The average molecular weight is 306 g/mol. The van der Waals surface area contributed by atoms with E-state index in [4.69, 9.17) is 0 Å². The molecule has 2 heterocycles. The van der Waals surface area contributed by atoms with E-state index in [0.717, 1.165) is 22.4 Å². The number of para-hydroxylation sites is 2. The first-order chi connectivity index (χ1) is 7.43. The van der Waals surface area contributed by atoms with Crippen LogP contribution < -0.4 is 0 Å². The number of halogens is 1. The van der Waals surface area contributed by atoms with E-state index in [1.54, 1.807) is 0 Å². The predicted octanol–water partition coefficient (Wildman–Crippen LogP) is 3.00. The summed E-state index contributed by atoms with van der Waals surface area (Å²) < 4.78 is 5.42. The summed E-state index contributed by atoms with van der Waals surface area (Å²) in [5.74, 6) is 0. The topological polar surface area (TPSA) is 25.8 Å². The SMILES string of the molecule is C1=Cc2nc3ccccc3nc2C=CI=1. The Morgan fingerprint density at radius 1 is 1.00 bits per heavy atom. The summed E-state index contributed by atoms with van der Waals surface area (Å²) in [6.07, 6.45) is 4.01. The van der Waals surface area contributed by atoms with E-state index in [9.17, 15) is 0 Å². The van der Waals surface area contributed by atoms with Gasteiger partial charge in [0.1, 0.15) is 0 Å². The minimum absolute atomic E-state index is 0.0764. The molecule has 3 heteroatoms. The van der Waals surface area contributed by atoms with Gasteiger partial charge < -0.3 is 0 Å². The second-order valence-corrected chi connectivity index (χ2v) is 5.10. The summed E-state index contributed by atoms with van der Waals surface area (Å²) in [4.78, 5) is 9.13. The second-order valence-electron chi connectivity index (χ2n) is 3.14. The van der Waals surface area contributed by atoms with E-state index < -0.39 is 0 Å². The van der Waals surface area contributed by atoms with Gasteiger partial charge in [0.2, 0.25) is 0 Å². The van der Waals surface area contributed by atoms with E-state index in [1.165, 1.54) is 0 Å². The highest BCUT2D eigenvalue weighted by molar-refractivity contribution is 14.2. The smallest absolute Gasteiger partial charge is 0.0976 e. The Labute approximate surface area is 97.1 Å². The highest BCUT2D eigenvalue weighted by Crippen LogP contribution is 2.17. The third-order valence-electron chi connectivity index (χ3n) is 2.16. The number of aromatic nitrogens is 2. The van der Waals surface area contributed by atoms with Crippen molar-refractivity contribution in [3.63, 3.8) is 0 Å². The maximum atomic E-state index is 4.57. The van der Waals surface area contributed by atoms with Gasteiger partial charge in [0.05, 0.1) is 22.4 Å². The quantitative estimate of drug-likeness (QED) is 0.699. The molecule has 0 aliphatic carbocycles. The van der Waals surface area contributed by atoms with E-state index in [-0.39, 0.29) is 20.7 Å². The molecule has 0 spiro atoms. The fourth-order valence-electron chi connectivity index (χ4n) is 1.47. The van der Waals surface area contributed by atoms with Gasteiger partial charge in [0.25, 0.3) is 0 Å². The molecule has 0 saturated heterocycles. The van der Waals surface area contributed by atoms with Crippen molar-refractivity contribution < 1.29 is 0 Å². The Bertz CT molecular complexity index is 623. The largest absolute Gasteiger partial charge is 0.244 e. The van der Waals surface area contributed by atoms with Crippen molar-refractivity contribution in [2.45, 2.75) is 0 Å². The molecule has 1 aliphatic rings. The van der Waals surface area contributed by atoms with Crippen molar-refractivity contribution in [2.24, 2.45) is 0 Å². The number of hydrogen-bond donors (Lipinski definition) is 0. The lowest BCUT2D eigenvalue weighted by Gasteiger charge is -2.01. The Kier molecular flexibility index (Phi) is 2.19. The molecular weight excluding hydrogens is 299 g/mol. The zero-order valence-corrected chi connectivity index (χ0v) is 9.97. The lowest BCUT2D eigenvalue weighted by atomic mass is 10.2. The van der Waals surface area contributed by atoms with Gasteiger partial charge >= 0.3 is 0 Å². The van der Waals surface area contributed by atoms with Crippen molar-refractivity contribution in [3.8, 4) is 0 Å². The predicted molar refractivity (Wildman–Crippen MR) is 72.1 cm³/mol. The molecule has 0 fully saturated rings. The van der Waals surface area contributed by atoms with Gasteiger partial charge in [-0.1, -0.05) is 15.8 Å². The first-order valence-electron chi connectivity index (χ1n) is 4.58. The van der Waals surface area contributed by atoms with E-state index in [2.05, 4.69) is 23.8 Å². The molecule has 1 aromatic heterocycles. The molecule has 72 valence electrons. The zero-order chi connectivity index (χ0) is 10.1. The van der Waals surface area contributed by atoms with E-state index in [0.29, 0.717) is 0 Å². The molecule has 0 radical (unpaired) electrons. The Hall–Kier alpha value is -1.32. The number of fused-ring (bicyclic) bond motifs is 2. The first-order valence-corrected chi connectivity index (χ1v) is 6.90. The Balaban J connectivity index is 2.39. The van der Waals surface area contributed by atoms with Crippen LogP contribution in [-0.2, 0) is 0 Å². The molecular formula is C12H7IN2. The van der Waals surface area contributed by atoms with Gasteiger partial charge in [-0.15, -0.1) is 0 Å². The average Bonchev–Trinajstić information content (AvgIpc) is 2.50. The molecule has 0 amide bonds. The van der Waals surface area contributed by atoms with Gasteiger partial charge in [0.15, 0.2) is 0 Å². The molecule has 1 aliphatic heterocycles. The summed E-state index contributed by atoms with van der Waals surface area (Å²) in [6.45, 7) is 0. The van der Waals surface area contributed by atoms with E-state index >= 15 is 0 Å². The molecule has 0 atom stereocenters. The fourth-order valence-corrected chi connectivity index (χ4v) is 2.67. The van der Waals surface area contributed by atoms with Gasteiger partial charge in [-0.05, 0) is 43.0 Å². The van der Waals surface area contributed by atoms with Crippen LogP contribution >= 0.6 is 20.7 Å². The molecule has 0 saturated carbocycles. The van der Waals surface area contributed by atoms with Crippen molar-refractivity contribution in [1.82, 2.24) is 9.97 Å². The molecule has 0 unspecified atom stereocenters. The van der Waals surface area contributed by atoms with Crippen LogP contribution in [0.25, 0.3) is 23.2 Å². The van der Waals surface area contributed by atoms with Crippen LogP contribution in [0.2, 0.25) is 0 Å². The van der Waals surface area contributed by atoms with Crippen molar-refractivity contribution in [1.29, 1.82) is 0 Å². The summed E-state index contributed by atoms with van der Waals surface area (Å²) in [5, 5.41) is 0. The molecule has 0 N–H and O–H groups in total. The highest BCUT2D eigenvalue weighted by Gasteiger charge is 2.03. The minimum atomic E-state index is -0.0764. The number of benzene rings is 1. The van der Waals surface area contributed by atoms with Gasteiger partial charge in [-0.3, -0.25) is 0 Å². The van der Waals surface area contributed by atoms with Crippen LogP contribution in [0.5, 0.6) is 0 Å². The van der Waals surface area contributed by atoms with Gasteiger partial charge in [-0.2, -0.15) is 0 Å². The number of hydrogen-bond acceptors (Lipinski definition) is 2. The summed E-state index contributed by atoms with van der Waals surface area (Å²) >= 11 is -0.0764. The van der Waals surface area contributed by atoms with Crippen LogP contribution in [0.1, 0.15) is 11.4 Å². The highest BCUT2D eigenvalue weighted by atomic mass is 127. The molecule has 15 heavy (non-hydrogen) atoms. The fraction of sp³-hybridized carbons (Fsp3) is 0. The third-order valence-corrected chi connectivity index (χ3v) is 3.55. The minimum Gasteiger partial charge on any atom is -0.244 e. The van der Waals surface area contributed by atoms with Crippen molar-refractivity contribution >= 4 is 47.6 Å². The molecule has 2 nitrogen and oxygen atoms in total. The second kappa shape index (κ2) is 3.68. The van der Waals surface area contributed by atoms with Crippen molar-refractivity contribution in [3.05, 3.63) is 39.7 Å². The normalized spacial score (nSPS) is 13.3. The maximum absolute atomic E-state index is 4.57. The summed E-state index contributed by atoms with van der Waals surface area (Å²) in [6, 6.07) is 7.94. The lowest BCUT2D eigenvalue weighted by Crippen LogP contribution is -1.92. The van der Waals surface area contributed by atoms with Crippen LogP contribution in [0.3, 0.4) is 0 Å². The van der Waals surface area contributed by atoms with Crippen molar-refractivity contribution in [2.75, 3.05) is 0 Å². The molecule has 2 aromatic rings. The molecule has 3 rings (SSSR count). The van der Waals surface area contributed by atoms with E-state index in [1.807, 2.05) is 30.3 Å². The summed E-state index contributed by atoms with van der Waals surface area (Å²) in [5.41, 5.74) is 3.79.